The van der Waals surface area contributed by atoms with Gasteiger partial charge in [-0.2, -0.15) is 0 Å². The second-order valence-electron chi connectivity index (χ2n) is 13.8. The smallest absolute Gasteiger partial charge is 0.0532 e. The van der Waals surface area contributed by atoms with Crippen LogP contribution in [0.5, 0.6) is 0 Å². The number of rotatable bonds is 6. The van der Waals surface area contributed by atoms with Gasteiger partial charge >= 0.3 is 0 Å². The largest absolute Gasteiger partial charge is 0.362 e. The molecule has 0 N–H and O–H groups in total. The highest BCUT2D eigenvalue weighted by atomic mass is 15.1. The monoisotopic (exact) mass is 664 g/mol. The molecule has 0 atom stereocenters. The van der Waals surface area contributed by atoms with Crippen LogP contribution in [0.2, 0.25) is 0 Å². The lowest BCUT2D eigenvalue weighted by Crippen LogP contribution is -2.29. The molecule has 0 aromatic heterocycles. The highest BCUT2D eigenvalue weighted by Crippen LogP contribution is 2.51. The van der Waals surface area contributed by atoms with Crippen LogP contribution in [0.1, 0.15) is 11.1 Å². The zero-order valence-electron chi connectivity index (χ0n) is 28.8. The van der Waals surface area contributed by atoms with Crippen molar-refractivity contribution in [3.63, 3.8) is 0 Å². The lowest BCUT2D eigenvalue weighted by Gasteiger charge is -2.39. The molecule has 0 saturated heterocycles. The van der Waals surface area contributed by atoms with E-state index in [9.17, 15) is 0 Å². The minimum absolute atomic E-state index is 0.938. The van der Waals surface area contributed by atoms with Gasteiger partial charge in [0.2, 0.25) is 0 Å². The topological polar surface area (TPSA) is 6.48 Å². The van der Waals surface area contributed by atoms with Gasteiger partial charge in [-0.1, -0.05) is 146 Å². The zero-order chi connectivity index (χ0) is 34.4. The number of nitrogens with zero attached hydrogens (tertiary/aromatic N) is 2. The van der Waals surface area contributed by atoms with Crippen LogP contribution < -0.4 is 9.80 Å². The molecule has 2 heteroatoms. The van der Waals surface area contributed by atoms with Gasteiger partial charge in [0.25, 0.3) is 0 Å². The predicted molar refractivity (Wildman–Crippen MR) is 218 cm³/mol. The quantitative estimate of drug-likeness (QED) is 0.175. The van der Waals surface area contributed by atoms with Crippen molar-refractivity contribution in [1.29, 1.82) is 0 Å². The van der Waals surface area contributed by atoms with E-state index >= 15 is 0 Å². The van der Waals surface area contributed by atoms with Crippen molar-refractivity contribution in [2.45, 2.75) is 13.1 Å². The van der Waals surface area contributed by atoms with E-state index in [0.29, 0.717) is 0 Å². The molecular weight excluding hydrogens is 629 g/mol. The van der Waals surface area contributed by atoms with Gasteiger partial charge in [0.05, 0.1) is 5.69 Å². The number of anilines is 4. The van der Waals surface area contributed by atoms with E-state index in [1.54, 1.807) is 0 Å². The van der Waals surface area contributed by atoms with Crippen LogP contribution in [-0.2, 0) is 13.1 Å². The van der Waals surface area contributed by atoms with Crippen molar-refractivity contribution in [2.75, 3.05) is 9.80 Å². The lowest BCUT2D eigenvalue weighted by atomic mass is 9.82. The van der Waals surface area contributed by atoms with E-state index < -0.39 is 0 Å². The van der Waals surface area contributed by atoms with Crippen LogP contribution >= 0.6 is 0 Å². The molecule has 0 amide bonds. The molecule has 0 spiro atoms. The summed E-state index contributed by atoms with van der Waals surface area (Å²) in [6.45, 7) is 1.88. The van der Waals surface area contributed by atoms with Crippen molar-refractivity contribution < 1.29 is 0 Å². The summed E-state index contributed by atoms with van der Waals surface area (Å²) in [6.07, 6.45) is 0. The minimum Gasteiger partial charge on any atom is -0.362 e. The summed E-state index contributed by atoms with van der Waals surface area (Å²) in [5.74, 6) is 0. The molecular formula is C50H36N2. The van der Waals surface area contributed by atoms with Gasteiger partial charge in [-0.3, -0.25) is 0 Å². The Balaban J connectivity index is 1.06. The van der Waals surface area contributed by atoms with E-state index in [4.69, 9.17) is 0 Å². The second kappa shape index (κ2) is 12.6. The van der Waals surface area contributed by atoms with Crippen LogP contribution in [0.3, 0.4) is 0 Å². The van der Waals surface area contributed by atoms with Crippen molar-refractivity contribution >= 4 is 22.7 Å². The lowest BCUT2D eigenvalue weighted by molar-refractivity contribution is 0.785. The summed E-state index contributed by atoms with van der Waals surface area (Å²) in [5.41, 5.74) is 20.1. The SMILES string of the molecule is c1ccc(-c2ccc(N(c3ccc(-c4ccccc4)cc3)c3ccc(-c4cc5c6c(c4)-c4ccccc4CN6Cc4ccccc4-5)cc3)cc2)cc1. The molecule has 2 aliphatic heterocycles. The van der Waals surface area contributed by atoms with Crippen molar-refractivity contribution in [2.24, 2.45) is 0 Å². The van der Waals surface area contributed by atoms with E-state index in [1.807, 2.05) is 0 Å². The fourth-order valence-electron chi connectivity index (χ4n) is 8.14. The van der Waals surface area contributed by atoms with Crippen LogP contribution in [0.4, 0.5) is 22.7 Å². The summed E-state index contributed by atoms with van der Waals surface area (Å²) < 4.78 is 0. The van der Waals surface area contributed by atoms with Gasteiger partial charge in [0.15, 0.2) is 0 Å². The molecule has 0 radical (unpaired) electrons. The molecule has 0 aliphatic carbocycles. The summed E-state index contributed by atoms with van der Waals surface area (Å²) in [4.78, 5) is 4.92. The first-order valence-corrected chi connectivity index (χ1v) is 18.1. The predicted octanol–water partition coefficient (Wildman–Crippen LogP) is 13.3. The third-order valence-electron chi connectivity index (χ3n) is 10.7. The van der Waals surface area contributed by atoms with Gasteiger partial charge in [0, 0.05) is 41.3 Å². The number of hydrogen-bond acceptors (Lipinski definition) is 2. The first-order chi connectivity index (χ1) is 25.8. The average molecular weight is 665 g/mol. The van der Waals surface area contributed by atoms with E-state index in [1.165, 1.54) is 72.4 Å². The van der Waals surface area contributed by atoms with Gasteiger partial charge in [-0.25, -0.2) is 0 Å². The first kappa shape index (κ1) is 30.2. The van der Waals surface area contributed by atoms with Gasteiger partial charge in [-0.05, 0) is 104 Å². The first-order valence-electron chi connectivity index (χ1n) is 18.1. The maximum absolute atomic E-state index is 2.56. The molecule has 8 aromatic carbocycles. The van der Waals surface area contributed by atoms with E-state index in [-0.39, 0.29) is 0 Å². The van der Waals surface area contributed by atoms with Gasteiger partial charge in [-0.15, -0.1) is 0 Å². The van der Waals surface area contributed by atoms with Crippen molar-refractivity contribution in [3.8, 4) is 55.6 Å². The Kier molecular flexibility index (Phi) is 7.32. The third kappa shape index (κ3) is 5.28. The molecule has 8 aromatic rings. The molecule has 2 aliphatic rings. The number of hydrogen-bond donors (Lipinski definition) is 0. The Hall–Kier alpha value is -6.64. The maximum Gasteiger partial charge on any atom is 0.0532 e. The zero-order valence-corrected chi connectivity index (χ0v) is 28.8. The normalized spacial score (nSPS) is 12.4. The van der Waals surface area contributed by atoms with Gasteiger partial charge < -0.3 is 9.80 Å². The number of benzene rings is 8. The molecule has 2 nitrogen and oxygen atoms in total. The van der Waals surface area contributed by atoms with Crippen LogP contribution in [0.25, 0.3) is 55.6 Å². The standard InChI is InChI=1S/C50H36N2/c1-3-11-35(12-4-1)37-19-25-43(26-20-37)52(44-27-21-38(22-28-44)36-13-5-2-6-14-36)45-29-23-39(24-30-45)42-31-48-46-17-9-7-15-40(46)33-51-34-41-16-8-10-18-47(41)49(32-42)50(48)51/h1-32H,33-34H2. The molecule has 0 bridgehead atoms. The molecule has 52 heavy (non-hydrogen) atoms. The molecule has 0 unspecified atom stereocenters. The number of fused-ring (bicyclic) bond motifs is 4. The summed E-state index contributed by atoms with van der Waals surface area (Å²) in [5, 5.41) is 0. The van der Waals surface area contributed by atoms with E-state index in [0.717, 1.165) is 30.2 Å². The third-order valence-corrected chi connectivity index (χ3v) is 10.7. The van der Waals surface area contributed by atoms with Crippen molar-refractivity contribution in [3.05, 3.63) is 205 Å². The van der Waals surface area contributed by atoms with Crippen LogP contribution in [0.15, 0.2) is 194 Å². The maximum atomic E-state index is 2.56. The second-order valence-corrected chi connectivity index (χ2v) is 13.8. The molecule has 0 saturated carbocycles. The van der Waals surface area contributed by atoms with Crippen LogP contribution in [-0.4, -0.2) is 0 Å². The molecule has 2 heterocycles. The fraction of sp³-hybridized carbons (Fsp3) is 0.0400. The van der Waals surface area contributed by atoms with Gasteiger partial charge in [0.1, 0.15) is 0 Å². The van der Waals surface area contributed by atoms with Crippen molar-refractivity contribution in [1.82, 2.24) is 0 Å². The average Bonchev–Trinajstić information content (AvgIpc) is 3.22. The Morgan fingerprint density at radius 3 is 1.08 bits per heavy atom. The summed E-state index contributed by atoms with van der Waals surface area (Å²) >= 11 is 0. The fourth-order valence-corrected chi connectivity index (χ4v) is 8.14. The Labute approximate surface area is 305 Å². The molecule has 10 rings (SSSR count). The highest BCUT2D eigenvalue weighted by molar-refractivity contribution is 5.99. The summed E-state index contributed by atoms with van der Waals surface area (Å²) in [7, 11) is 0. The van der Waals surface area contributed by atoms with E-state index in [2.05, 4.69) is 204 Å². The highest BCUT2D eigenvalue weighted by Gasteiger charge is 2.30. The molecule has 0 fully saturated rings. The molecule has 246 valence electrons. The Morgan fingerprint density at radius 2 is 0.654 bits per heavy atom. The summed E-state index contributed by atoms with van der Waals surface area (Å²) in [6, 6.07) is 70.8. The minimum atomic E-state index is 0.938. The Bertz CT molecular complexity index is 2380. The van der Waals surface area contributed by atoms with Crippen LogP contribution in [0, 0.1) is 0 Å². The Morgan fingerprint density at radius 1 is 0.308 bits per heavy atom.